The van der Waals surface area contributed by atoms with Crippen LogP contribution in [0.15, 0.2) is 24.3 Å². The summed E-state index contributed by atoms with van der Waals surface area (Å²) >= 11 is 0. The molecule has 0 unspecified atom stereocenters. The number of nitrogens with one attached hydrogen (secondary N) is 1. The van der Waals surface area contributed by atoms with Crippen LogP contribution in [0.4, 0.5) is 17.6 Å². The van der Waals surface area contributed by atoms with E-state index in [1.807, 2.05) is 0 Å². The number of hydrogen-bond donors (Lipinski definition) is 1. The van der Waals surface area contributed by atoms with Crippen molar-refractivity contribution in [2.75, 3.05) is 6.54 Å². The van der Waals surface area contributed by atoms with E-state index in [4.69, 9.17) is 0 Å². The van der Waals surface area contributed by atoms with Crippen LogP contribution < -0.4 is 5.32 Å². The maximum Gasteiger partial charge on any atom is 0.389 e. The first-order chi connectivity index (χ1) is 7.90. The molecule has 6 heteroatoms. The molecule has 2 nitrogen and oxygen atoms in total. The summed E-state index contributed by atoms with van der Waals surface area (Å²) in [6, 6.07) is 5.29. The summed E-state index contributed by atoms with van der Waals surface area (Å²) < 4.78 is 48.5. The first-order valence-electron chi connectivity index (χ1n) is 4.99. The SMILES string of the molecule is O=C(NCCCC(F)(F)F)c1ccccc1F. The Morgan fingerprint density at radius 1 is 1.24 bits per heavy atom. The Labute approximate surface area is 95.6 Å². The van der Waals surface area contributed by atoms with Crippen LogP contribution in [0.3, 0.4) is 0 Å². The molecule has 0 aliphatic rings. The van der Waals surface area contributed by atoms with Crippen LogP contribution in [0.5, 0.6) is 0 Å². The molecule has 0 aliphatic carbocycles. The number of carbonyl (C=O) groups excluding carboxylic acids is 1. The Kier molecular flexibility index (Phi) is 4.48. The second kappa shape index (κ2) is 5.65. The van der Waals surface area contributed by atoms with Crippen LogP contribution in [-0.4, -0.2) is 18.6 Å². The Hall–Kier alpha value is -1.59. The summed E-state index contributed by atoms with van der Waals surface area (Å²) in [6.45, 7) is -0.132. The topological polar surface area (TPSA) is 29.1 Å². The highest BCUT2D eigenvalue weighted by molar-refractivity contribution is 5.94. The van der Waals surface area contributed by atoms with E-state index < -0.39 is 24.3 Å². The Morgan fingerprint density at radius 2 is 1.88 bits per heavy atom. The van der Waals surface area contributed by atoms with E-state index in [2.05, 4.69) is 5.32 Å². The van der Waals surface area contributed by atoms with E-state index in [0.717, 1.165) is 6.07 Å². The molecule has 0 atom stereocenters. The van der Waals surface area contributed by atoms with E-state index in [1.54, 1.807) is 0 Å². The molecule has 0 radical (unpaired) electrons. The maximum absolute atomic E-state index is 13.1. The molecule has 0 saturated carbocycles. The lowest BCUT2D eigenvalue weighted by Crippen LogP contribution is -2.26. The molecule has 1 amide bonds. The third-order valence-electron chi connectivity index (χ3n) is 2.04. The van der Waals surface area contributed by atoms with Crippen molar-refractivity contribution in [1.82, 2.24) is 5.32 Å². The fourth-order valence-corrected chi connectivity index (χ4v) is 1.23. The molecule has 0 aliphatic heterocycles. The minimum absolute atomic E-state index is 0.132. The smallest absolute Gasteiger partial charge is 0.352 e. The van der Waals surface area contributed by atoms with Crippen LogP contribution >= 0.6 is 0 Å². The molecule has 1 N–H and O–H groups in total. The Balaban J connectivity index is 2.39. The number of hydrogen-bond acceptors (Lipinski definition) is 1. The maximum atomic E-state index is 13.1. The molecular weight excluding hydrogens is 238 g/mol. The van der Waals surface area contributed by atoms with Gasteiger partial charge in [-0.25, -0.2) is 4.39 Å². The van der Waals surface area contributed by atoms with Gasteiger partial charge in [0.05, 0.1) is 5.56 Å². The van der Waals surface area contributed by atoms with Crippen molar-refractivity contribution in [2.45, 2.75) is 19.0 Å². The van der Waals surface area contributed by atoms with E-state index in [9.17, 15) is 22.4 Å². The lowest BCUT2D eigenvalue weighted by Gasteiger charge is -2.07. The molecule has 1 rings (SSSR count). The highest BCUT2D eigenvalue weighted by Crippen LogP contribution is 2.20. The van der Waals surface area contributed by atoms with Crippen LogP contribution in [0, 0.1) is 5.82 Å². The zero-order valence-electron chi connectivity index (χ0n) is 8.85. The van der Waals surface area contributed by atoms with Crippen molar-refractivity contribution in [3.63, 3.8) is 0 Å². The van der Waals surface area contributed by atoms with Crippen molar-refractivity contribution in [2.24, 2.45) is 0 Å². The lowest BCUT2D eigenvalue weighted by molar-refractivity contribution is -0.135. The first kappa shape index (κ1) is 13.5. The van der Waals surface area contributed by atoms with Gasteiger partial charge in [-0.2, -0.15) is 13.2 Å². The highest BCUT2D eigenvalue weighted by atomic mass is 19.4. The normalized spacial score (nSPS) is 11.3. The predicted molar refractivity (Wildman–Crippen MR) is 54.0 cm³/mol. The summed E-state index contributed by atoms with van der Waals surface area (Å²) in [5, 5.41) is 2.23. The van der Waals surface area contributed by atoms with Crippen LogP contribution in [0.25, 0.3) is 0 Å². The number of benzene rings is 1. The van der Waals surface area contributed by atoms with Crippen molar-refractivity contribution < 1.29 is 22.4 Å². The molecule has 17 heavy (non-hydrogen) atoms. The molecular formula is C11H11F4NO. The molecule has 1 aromatic carbocycles. The molecule has 0 aromatic heterocycles. The average molecular weight is 249 g/mol. The summed E-state index contributed by atoms with van der Waals surface area (Å²) in [6.07, 6.45) is -5.42. The molecule has 0 fully saturated rings. The minimum Gasteiger partial charge on any atom is -0.352 e. The van der Waals surface area contributed by atoms with Gasteiger partial charge in [0, 0.05) is 13.0 Å². The Morgan fingerprint density at radius 3 is 2.47 bits per heavy atom. The number of carbonyl (C=O) groups is 1. The van der Waals surface area contributed by atoms with E-state index in [-0.39, 0.29) is 18.5 Å². The van der Waals surface area contributed by atoms with E-state index >= 15 is 0 Å². The van der Waals surface area contributed by atoms with Gasteiger partial charge in [0.1, 0.15) is 5.82 Å². The van der Waals surface area contributed by atoms with Crippen LogP contribution in [0.2, 0.25) is 0 Å². The van der Waals surface area contributed by atoms with Gasteiger partial charge in [-0.3, -0.25) is 4.79 Å². The lowest BCUT2D eigenvalue weighted by atomic mass is 10.2. The number of alkyl halides is 3. The molecule has 0 saturated heterocycles. The van der Waals surface area contributed by atoms with E-state index in [0.29, 0.717) is 0 Å². The van der Waals surface area contributed by atoms with Gasteiger partial charge in [-0.05, 0) is 18.6 Å². The van der Waals surface area contributed by atoms with Crippen molar-refractivity contribution in [3.8, 4) is 0 Å². The summed E-state index contributed by atoms with van der Waals surface area (Å²) in [7, 11) is 0. The molecule has 94 valence electrons. The Bertz CT molecular complexity index is 389. The minimum atomic E-state index is -4.23. The zero-order valence-corrected chi connectivity index (χ0v) is 8.85. The third kappa shape index (κ3) is 4.84. The quantitative estimate of drug-likeness (QED) is 0.645. The van der Waals surface area contributed by atoms with Crippen molar-refractivity contribution in [1.29, 1.82) is 0 Å². The number of halogens is 4. The fourth-order valence-electron chi connectivity index (χ4n) is 1.23. The summed E-state index contributed by atoms with van der Waals surface area (Å²) in [5.74, 6) is -1.40. The number of amides is 1. The van der Waals surface area contributed by atoms with Crippen molar-refractivity contribution in [3.05, 3.63) is 35.6 Å². The molecule has 1 aromatic rings. The first-order valence-corrected chi connectivity index (χ1v) is 4.99. The fraction of sp³-hybridized carbons (Fsp3) is 0.364. The van der Waals surface area contributed by atoms with Crippen LogP contribution in [-0.2, 0) is 0 Å². The second-order valence-corrected chi connectivity index (χ2v) is 3.45. The van der Waals surface area contributed by atoms with Gasteiger partial charge in [-0.15, -0.1) is 0 Å². The van der Waals surface area contributed by atoms with Gasteiger partial charge in [0.2, 0.25) is 0 Å². The zero-order chi connectivity index (χ0) is 12.9. The number of rotatable bonds is 4. The molecule has 0 bridgehead atoms. The summed E-state index contributed by atoms with van der Waals surface area (Å²) in [4.78, 5) is 11.4. The monoisotopic (exact) mass is 249 g/mol. The van der Waals surface area contributed by atoms with Crippen molar-refractivity contribution >= 4 is 5.91 Å². The van der Waals surface area contributed by atoms with E-state index in [1.165, 1.54) is 18.2 Å². The highest BCUT2D eigenvalue weighted by Gasteiger charge is 2.26. The predicted octanol–water partition coefficient (Wildman–Crippen LogP) is 2.90. The van der Waals surface area contributed by atoms with Gasteiger partial charge in [0.15, 0.2) is 0 Å². The third-order valence-corrected chi connectivity index (χ3v) is 2.04. The van der Waals surface area contributed by atoms with Crippen LogP contribution in [0.1, 0.15) is 23.2 Å². The van der Waals surface area contributed by atoms with Gasteiger partial charge in [-0.1, -0.05) is 12.1 Å². The molecule has 0 spiro atoms. The van der Waals surface area contributed by atoms with Gasteiger partial charge in [0.25, 0.3) is 5.91 Å². The largest absolute Gasteiger partial charge is 0.389 e. The van der Waals surface area contributed by atoms with Gasteiger partial charge < -0.3 is 5.32 Å². The van der Waals surface area contributed by atoms with Gasteiger partial charge >= 0.3 is 6.18 Å². The average Bonchev–Trinajstić information content (AvgIpc) is 2.23. The second-order valence-electron chi connectivity index (χ2n) is 3.45. The standard InChI is InChI=1S/C11H11F4NO/c12-9-5-2-1-4-8(9)10(17)16-7-3-6-11(13,14)15/h1-2,4-5H,3,6-7H2,(H,16,17). The summed E-state index contributed by atoms with van der Waals surface area (Å²) in [5.41, 5.74) is -0.167. The molecule has 0 heterocycles.